The fraction of sp³-hybridized carbons (Fsp3) is 0.600. The molecule has 0 fully saturated rings. The lowest BCUT2D eigenvalue weighted by molar-refractivity contribution is 0.701. The second-order valence-electron chi connectivity index (χ2n) is 4.13. The van der Waals surface area contributed by atoms with E-state index < -0.39 is 0 Å². The van der Waals surface area contributed by atoms with E-state index in [0.717, 1.165) is 23.0 Å². The molecular formula is C10H17N5. The van der Waals surface area contributed by atoms with Crippen molar-refractivity contribution in [3.05, 3.63) is 17.2 Å². The van der Waals surface area contributed by atoms with Crippen LogP contribution in [0.2, 0.25) is 0 Å². The van der Waals surface area contributed by atoms with E-state index in [0.29, 0.717) is 12.5 Å². The molecule has 0 saturated carbocycles. The number of nitrogens with two attached hydrogens (primary N) is 1. The summed E-state index contributed by atoms with van der Waals surface area (Å²) in [7, 11) is 1.99. The number of rotatable bonds is 2. The van der Waals surface area contributed by atoms with E-state index in [1.54, 1.807) is 0 Å². The molecule has 0 aromatic carbocycles. The van der Waals surface area contributed by atoms with E-state index in [1.165, 1.54) is 0 Å². The van der Waals surface area contributed by atoms with Crippen molar-refractivity contribution in [3.63, 3.8) is 0 Å². The Morgan fingerprint density at radius 2 is 2.07 bits per heavy atom. The third kappa shape index (κ3) is 1.34. The third-order valence-electron chi connectivity index (χ3n) is 2.69. The van der Waals surface area contributed by atoms with Gasteiger partial charge in [0.2, 0.25) is 5.78 Å². The number of hydrogen-bond donors (Lipinski definition) is 1. The Hall–Kier alpha value is -1.36. The van der Waals surface area contributed by atoms with Crippen LogP contribution in [0.4, 0.5) is 0 Å². The van der Waals surface area contributed by atoms with Crippen LogP contribution in [-0.4, -0.2) is 19.2 Å². The first kappa shape index (κ1) is 10.2. The molecular weight excluding hydrogens is 190 g/mol. The molecule has 0 spiro atoms. The molecule has 0 aliphatic rings. The van der Waals surface area contributed by atoms with Crippen molar-refractivity contribution in [2.75, 3.05) is 0 Å². The zero-order valence-electron chi connectivity index (χ0n) is 9.65. The minimum atomic E-state index is 0.391. The Labute approximate surface area is 88.9 Å². The Bertz CT molecular complexity index is 491. The highest BCUT2D eigenvalue weighted by molar-refractivity contribution is 5.36. The lowest BCUT2D eigenvalue weighted by Crippen LogP contribution is -2.04. The van der Waals surface area contributed by atoms with Crippen molar-refractivity contribution in [2.24, 2.45) is 12.8 Å². The van der Waals surface area contributed by atoms with Crippen LogP contribution >= 0.6 is 0 Å². The van der Waals surface area contributed by atoms with Crippen LogP contribution in [0.3, 0.4) is 0 Å². The highest BCUT2D eigenvalue weighted by Crippen LogP contribution is 2.17. The first-order valence-corrected chi connectivity index (χ1v) is 5.17. The van der Waals surface area contributed by atoms with Crippen molar-refractivity contribution in [1.29, 1.82) is 0 Å². The maximum atomic E-state index is 5.69. The molecule has 2 aromatic heterocycles. The topological polar surface area (TPSA) is 61.1 Å². The minimum absolute atomic E-state index is 0.391. The van der Waals surface area contributed by atoms with Gasteiger partial charge in [-0.25, -0.2) is 4.98 Å². The number of hydrogen-bond acceptors (Lipinski definition) is 3. The summed E-state index contributed by atoms with van der Waals surface area (Å²) in [5.74, 6) is 2.30. The summed E-state index contributed by atoms with van der Waals surface area (Å²) in [4.78, 5) is 4.47. The quantitative estimate of drug-likeness (QED) is 0.797. The maximum Gasteiger partial charge on any atom is 0.232 e. The van der Waals surface area contributed by atoms with Crippen molar-refractivity contribution in [1.82, 2.24) is 19.2 Å². The maximum absolute atomic E-state index is 5.69. The molecule has 5 nitrogen and oxygen atoms in total. The fourth-order valence-corrected chi connectivity index (χ4v) is 1.87. The summed E-state index contributed by atoms with van der Waals surface area (Å²) in [6, 6.07) is 0. The average Bonchev–Trinajstić information content (AvgIpc) is 2.63. The van der Waals surface area contributed by atoms with Gasteiger partial charge in [-0.05, 0) is 6.92 Å². The van der Waals surface area contributed by atoms with Gasteiger partial charge in [-0.15, -0.1) is 0 Å². The molecule has 0 atom stereocenters. The molecule has 0 aliphatic carbocycles. The molecule has 2 rings (SSSR count). The lowest BCUT2D eigenvalue weighted by atomic mass is 10.2. The smallest absolute Gasteiger partial charge is 0.232 e. The van der Waals surface area contributed by atoms with Gasteiger partial charge in [0, 0.05) is 19.5 Å². The van der Waals surface area contributed by atoms with Gasteiger partial charge in [-0.3, -0.25) is 4.57 Å². The van der Waals surface area contributed by atoms with Gasteiger partial charge in [0.05, 0.1) is 11.4 Å². The molecule has 2 N–H and O–H groups in total. The predicted octanol–water partition coefficient (Wildman–Crippen LogP) is 0.958. The molecule has 0 unspecified atom stereocenters. The summed E-state index contributed by atoms with van der Waals surface area (Å²) < 4.78 is 3.88. The highest BCUT2D eigenvalue weighted by atomic mass is 15.4. The van der Waals surface area contributed by atoms with E-state index >= 15 is 0 Å². The average molecular weight is 207 g/mol. The van der Waals surface area contributed by atoms with Crippen molar-refractivity contribution in [3.8, 4) is 0 Å². The molecule has 82 valence electrons. The Balaban J connectivity index is 2.73. The van der Waals surface area contributed by atoms with Crippen LogP contribution in [0.15, 0.2) is 0 Å². The molecule has 0 aliphatic heterocycles. The molecule has 0 saturated heterocycles. The zero-order chi connectivity index (χ0) is 11.2. The number of imidazole rings is 1. The first-order valence-electron chi connectivity index (χ1n) is 5.17. The first-order chi connectivity index (χ1) is 7.06. The SMILES string of the molecule is Cc1nc2n(C)c(C(C)C)nn2c1CN. The van der Waals surface area contributed by atoms with Crippen LogP contribution < -0.4 is 5.73 Å². The molecule has 2 heterocycles. The Kier molecular flexibility index (Phi) is 2.26. The Morgan fingerprint density at radius 3 is 2.60 bits per heavy atom. The summed E-state index contributed by atoms with van der Waals surface area (Å²) in [5.41, 5.74) is 7.64. The largest absolute Gasteiger partial charge is 0.325 e. The summed E-state index contributed by atoms with van der Waals surface area (Å²) in [6.07, 6.45) is 0. The van der Waals surface area contributed by atoms with Crippen LogP contribution in [-0.2, 0) is 13.6 Å². The normalized spacial score (nSPS) is 11.9. The van der Waals surface area contributed by atoms with Crippen molar-refractivity contribution >= 4 is 5.78 Å². The van der Waals surface area contributed by atoms with Crippen LogP contribution in [0.5, 0.6) is 0 Å². The standard InChI is InChI=1S/C10H17N5/c1-6(2)9-13-15-8(5-11)7(3)12-10(15)14(9)4/h6H,5,11H2,1-4H3. The fourth-order valence-electron chi connectivity index (χ4n) is 1.87. The molecule has 0 bridgehead atoms. The Morgan fingerprint density at radius 1 is 1.40 bits per heavy atom. The van der Waals surface area contributed by atoms with Crippen LogP contribution in [0.25, 0.3) is 5.78 Å². The van der Waals surface area contributed by atoms with Crippen LogP contribution in [0, 0.1) is 6.92 Å². The lowest BCUT2D eigenvalue weighted by Gasteiger charge is -2.02. The predicted molar refractivity (Wildman–Crippen MR) is 58.7 cm³/mol. The van der Waals surface area contributed by atoms with E-state index in [1.807, 2.05) is 23.1 Å². The molecule has 15 heavy (non-hydrogen) atoms. The monoisotopic (exact) mass is 207 g/mol. The van der Waals surface area contributed by atoms with E-state index in [9.17, 15) is 0 Å². The van der Waals surface area contributed by atoms with Gasteiger partial charge in [0.15, 0.2) is 0 Å². The zero-order valence-corrected chi connectivity index (χ0v) is 9.65. The van der Waals surface area contributed by atoms with E-state index in [4.69, 9.17) is 5.73 Å². The molecule has 5 heteroatoms. The van der Waals surface area contributed by atoms with E-state index in [-0.39, 0.29) is 0 Å². The highest BCUT2D eigenvalue weighted by Gasteiger charge is 2.16. The molecule has 2 aromatic rings. The molecule has 0 amide bonds. The summed E-state index contributed by atoms with van der Waals surface area (Å²) in [5, 5.41) is 4.54. The van der Waals surface area contributed by atoms with E-state index in [2.05, 4.69) is 23.9 Å². The third-order valence-corrected chi connectivity index (χ3v) is 2.69. The number of nitrogens with zero attached hydrogens (tertiary/aromatic N) is 4. The van der Waals surface area contributed by atoms with Crippen molar-refractivity contribution < 1.29 is 0 Å². The second kappa shape index (κ2) is 3.34. The van der Waals surface area contributed by atoms with Crippen molar-refractivity contribution in [2.45, 2.75) is 33.2 Å². The summed E-state index contributed by atoms with van der Waals surface area (Å²) >= 11 is 0. The van der Waals surface area contributed by atoms with Gasteiger partial charge in [-0.2, -0.15) is 9.61 Å². The number of fused-ring (bicyclic) bond motifs is 1. The van der Waals surface area contributed by atoms with Gasteiger partial charge in [0.25, 0.3) is 0 Å². The van der Waals surface area contributed by atoms with Gasteiger partial charge in [-0.1, -0.05) is 13.8 Å². The van der Waals surface area contributed by atoms with Gasteiger partial charge < -0.3 is 5.73 Å². The van der Waals surface area contributed by atoms with Gasteiger partial charge >= 0.3 is 0 Å². The molecule has 0 radical (unpaired) electrons. The summed E-state index contributed by atoms with van der Waals surface area (Å²) in [6.45, 7) is 6.68. The number of aromatic nitrogens is 4. The number of aryl methyl sites for hydroxylation is 2. The van der Waals surface area contributed by atoms with Crippen LogP contribution in [0.1, 0.15) is 37.0 Å². The minimum Gasteiger partial charge on any atom is -0.325 e. The van der Waals surface area contributed by atoms with Gasteiger partial charge in [0.1, 0.15) is 5.82 Å². The second-order valence-corrected chi connectivity index (χ2v) is 4.13.